The molecule has 0 saturated heterocycles. The Labute approximate surface area is 103 Å². The molecule has 0 radical (unpaired) electrons. The minimum atomic E-state index is -0.309. The second kappa shape index (κ2) is 4.94. The standard InChI is InChI=1S/C10H15N5O3/c1-2-18-6(16)3-4-15-5-12-7-8(15)13-10(11)14-9(7)17/h12H,2-5H2,1H3,(H3,11,13,14,17). The van der Waals surface area contributed by atoms with Gasteiger partial charge >= 0.3 is 5.97 Å². The number of rotatable bonds is 4. The fourth-order valence-electron chi connectivity index (χ4n) is 1.76. The SMILES string of the molecule is CCOC(=O)CCN1CNc2c1nc(N)[nH]c2=O. The zero-order valence-corrected chi connectivity index (χ0v) is 10.0. The Kier molecular flexibility index (Phi) is 3.35. The van der Waals surface area contributed by atoms with Crippen LogP contribution in [0, 0.1) is 0 Å². The second-order valence-electron chi connectivity index (χ2n) is 3.80. The number of fused-ring (bicyclic) bond motifs is 1. The second-order valence-corrected chi connectivity index (χ2v) is 3.80. The Morgan fingerprint density at radius 1 is 1.61 bits per heavy atom. The molecule has 0 aromatic carbocycles. The predicted octanol–water partition coefficient (Wildman–Crippen LogP) is -0.505. The van der Waals surface area contributed by atoms with E-state index in [-0.39, 0.29) is 23.9 Å². The Bertz CT molecular complexity index is 513. The summed E-state index contributed by atoms with van der Waals surface area (Å²) in [5.41, 5.74) is 5.56. The Balaban J connectivity index is 2.07. The molecule has 98 valence electrons. The lowest BCUT2D eigenvalue weighted by Crippen LogP contribution is -2.27. The van der Waals surface area contributed by atoms with Crippen molar-refractivity contribution in [3.63, 3.8) is 0 Å². The van der Waals surface area contributed by atoms with Gasteiger partial charge < -0.3 is 20.7 Å². The van der Waals surface area contributed by atoms with Gasteiger partial charge in [0.25, 0.3) is 5.56 Å². The topological polar surface area (TPSA) is 113 Å². The molecule has 18 heavy (non-hydrogen) atoms. The molecule has 1 aromatic heterocycles. The van der Waals surface area contributed by atoms with E-state index in [0.717, 1.165) is 0 Å². The number of hydrogen-bond acceptors (Lipinski definition) is 7. The third kappa shape index (κ3) is 2.36. The first-order valence-corrected chi connectivity index (χ1v) is 5.66. The molecule has 0 fully saturated rings. The van der Waals surface area contributed by atoms with Gasteiger partial charge in [0.15, 0.2) is 5.82 Å². The summed E-state index contributed by atoms with van der Waals surface area (Å²) in [6.07, 6.45) is 0.239. The van der Waals surface area contributed by atoms with E-state index in [0.29, 0.717) is 31.3 Å². The molecule has 0 atom stereocenters. The number of anilines is 3. The first kappa shape index (κ1) is 12.2. The molecule has 1 aliphatic heterocycles. The minimum absolute atomic E-state index is 0.0589. The summed E-state index contributed by atoms with van der Waals surface area (Å²) in [6.45, 7) is 2.97. The van der Waals surface area contributed by atoms with Crippen molar-refractivity contribution >= 4 is 23.4 Å². The molecule has 0 unspecified atom stereocenters. The van der Waals surface area contributed by atoms with Crippen LogP contribution in [0.25, 0.3) is 0 Å². The number of esters is 1. The van der Waals surface area contributed by atoms with Crippen LogP contribution in [0.15, 0.2) is 4.79 Å². The molecule has 0 amide bonds. The fraction of sp³-hybridized carbons (Fsp3) is 0.500. The summed E-state index contributed by atoms with van der Waals surface area (Å²) >= 11 is 0. The highest BCUT2D eigenvalue weighted by molar-refractivity contribution is 5.73. The number of ether oxygens (including phenoxy) is 1. The molecule has 4 N–H and O–H groups in total. The number of aromatic amines is 1. The fourth-order valence-corrected chi connectivity index (χ4v) is 1.76. The number of nitrogens with two attached hydrogens (primary N) is 1. The van der Waals surface area contributed by atoms with Crippen molar-refractivity contribution in [2.75, 3.05) is 35.8 Å². The van der Waals surface area contributed by atoms with Crippen molar-refractivity contribution in [1.29, 1.82) is 0 Å². The average molecular weight is 253 g/mol. The maximum absolute atomic E-state index is 11.6. The maximum atomic E-state index is 11.6. The van der Waals surface area contributed by atoms with Crippen LogP contribution < -0.4 is 21.5 Å². The molecule has 0 aliphatic carbocycles. The highest BCUT2D eigenvalue weighted by atomic mass is 16.5. The number of aromatic nitrogens is 2. The lowest BCUT2D eigenvalue weighted by molar-refractivity contribution is -0.142. The number of carbonyl (C=O) groups excluding carboxylic acids is 1. The lowest BCUT2D eigenvalue weighted by Gasteiger charge is -2.15. The van der Waals surface area contributed by atoms with Crippen LogP contribution in [0.1, 0.15) is 13.3 Å². The van der Waals surface area contributed by atoms with Gasteiger partial charge in [-0.1, -0.05) is 0 Å². The van der Waals surface area contributed by atoms with E-state index < -0.39 is 0 Å². The predicted molar refractivity (Wildman–Crippen MR) is 66.4 cm³/mol. The lowest BCUT2D eigenvalue weighted by atomic mass is 10.4. The molecular weight excluding hydrogens is 238 g/mol. The Hall–Kier alpha value is -2.25. The summed E-state index contributed by atoms with van der Waals surface area (Å²) in [5, 5.41) is 2.91. The van der Waals surface area contributed by atoms with Gasteiger partial charge in [-0.15, -0.1) is 0 Å². The Morgan fingerprint density at radius 3 is 3.11 bits per heavy atom. The molecule has 1 aliphatic rings. The van der Waals surface area contributed by atoms with Gasteiger partial charge in [0.1, 0.15) is 5.69 Å². The summed E-state index contributed by atoms with van der Waals surface area (Å²) in [7, 11) is 0. The molecule has 0 spiro atoms. The highest BCUT2D eigenvalue weighted by Gasteiger charge is 2.24. The quantitative estimate of drug-likeness (QED) is 0.619. The minimum Gasteiger partial charge on any atom is -0.466 e. The Morgan fingerprint density at radius 2 is 2.39 bits per heavy atom. The zero-order valence-electron chi connectivity index (χ0n) is 10.0. The van der Waals surface area contributed by atoms with Crippen molar-refractivity contribution in [2.24, 2.45) is 0 Å². The number of nitrogen functional groups attached to an aromatic ring is 1. The van der Waals surface area contributed by atoms with E-state index in [4.69, 9.17) is 10.5 Å². The first-order valence-electron chi connectivity index (χ1n) is 5.66. The van der Waals surface area contributed by atoms with E-state index in [1.165, 1.54) is 0 Å². The van der Waals surface area contributed by atoms with Crippen molar-refractivity contribution in [1.82, 2.24) is 9.97 Å². The van der Waals surface area contributed by atoms with E-state index >= 15 is 0 Å². The largest absolute Gasteiger partial charge is 0.466 e. The molecule has 1 aromatic rings. The molecule has 8 nitrogen and oxygen atoms in total. The molecule has 8 heteroatoms. The van der Waals surface area contributed by atoms with Crippen LogP contribution in [0.3, 0.4) is 0 Å². The number of hydrogen-bond donors (Lipinski definition) is 3. The van der Waals surface area contributed by atoms with E-state index in [2.05, 4.69) is 15.3 Å². The molecular formula is C10H15N5O3. The van der Waals surface area contributed by atoms with E-state index in [9.17, 15) is 9.59 Å². The van der Waals surface area contributed by atoms with E-state index in [1.807, 2.05) is 0 Å². The van der Waals surface area contributed by atoms with Crippen LogP contribution in [-0.4, -0.2) is 35.8 Å². The van der Waals surface area contributed by atoms with Crippen LogP contribution in [-0.2, 0) is 9.53 Å². The number of nitrogens with zero attached hydrogens (tertiary/aromatic N) is 2. The maximum Gasteiger partial charge on any atom is 0.307 e. The first-order chi connectivity index (χ1) is 8.61. The van der Waals surface area contributed by atoms with Crippen molar-refractivity contribution in [2.45, 2.75) is 13.3 Å². The zero-order chi connectivity index (χ0) is 13.1. The average Bonchev–Trinajstić information content (AvgIpc) is 2.70. The van der Waals surface area contributed by atoms with Gasteiger partial charge in [0.2, 0.25) is 5.95 Å². The highest BCUT2D eigenvalue weighted by Crippen LogP contribution is 2.25. The van der Waals surface area contributed by atoms with Crippen molar-refractivity contribution < 1.29 is 9.53 Å². The van der Waals surface area contributed by atoms with Crippen molar-refractivity contribution in [3.8, 4) is 0 Å². The van der Waals surface area contributed by atoms with Gasteiger partial charge in [-0.2, -0.15) is 4.98 Å². The van der Waals surface area contributed by atoms with Crippen LogP contribution in [0.5, 0.6) is 0 Å². The third-order valence-electron chi connectivity index (χ3n) is 2.56. The van der Waals surface area contributed by atoms with Gasteiger partial charge in [-0.05, 0) is 6.92 Å². The third-order valence-corrected chi connectivity index (χ3v) is 2.56. The summed E-state index contributed by atoms with van der Waals surface area (Å²) in [6, 6.07) is 0. The van der Waals surface area contributed by atoms with Crippen molar-refractivity contribution in [3.05, 3.63) is 10.4 Å². The normalized spacial score (nSPS) is 13.1. The van der Waals surface area contributed by atoms with Crippen LogP contribution in [0.2, 0.25) is 0 Å². The number of carbonyl (C=O) groups is 1. The van der Waals surface area contributed by atoms with Gasteiger partial charge in [-0.3, -0.25) is 14.6 Å². The monoisotopic (exact) mass is 253 g/mol. The molecule has 0 bridgehead atoms. The van der Waals surface area contributed by atoms with Crippen LogP contribution >= 0.6 is 0 Å². The summed E-state index contributed by atoms with van der Waals surface area (Å²) in [5.74, 6) is 0.257. The van der Waals surface area contributed by atoms with Gasteiger partial charge in [0, 0.05) is 6.54 Å². The number of nitrogens with one attached hydrogen (secondary N) is 2. The van der Waals surface area contributed by atoms with Gasteiger partial charge in [0.05, 0.1) is 19.7 Å². The van der Waals surface area contributed by atoms with E-state index in [1.54, 1.807) is 11.8 Å². The number of H-pyrrole nitrogens is 1. The summed E-state index contributed by atoms with van der Waals surface area (Å²) in [4.78, 5) is 31.1. The van der Waals surface area contributed by atoms with Gasteiger partial charge in [-0.25, -0.2) is 0 Å². The molecule has 2 heterocycles. The smallest absolute Gasteiger partial charge is 0.307 e. The molecule has 0 saturated carbocycles. The molecule has 2 rings (SSSR count). The van der Waals surface area contributed by atoms with Crippen LogP contribution in [0.4, 0.5) is 17.5 Å². The summed E-state index contributed by atoms with van der Waals surface area (Å²) < 4.78 is 4.84.